The Labute approximate surface area is 400 Å². The van der Waals surface area contributed by atoms with Crippen LogP contribution in [0.4, 0.5) is 9.59 Å². The number of aryl methyl sites for hydroxylation is 4. The Morgan fingerprint density at radius 3 is 1.74 bits per heavy atom. The van der Waals surface area contributed by atoms with Gasteiger partial charge in [0.25, 0.3) is 0 Å². The largest absolute Gasteiger partial charge is 0.453 e. The fourth-order valence-electron chi connectivity index (χ4n) is 12.0. The first-order valence-corrected chi connectivity index (χ1v) is 25.1. The van der Waals surface area contributed by atoms with Crippen molar-refractivity contribution in [1.29, 1.82) is 0 Å². The van der Waals surface area contributed by atoms with Gasteiger partial charge in [-0.15, -0.1) is 0 Å². The average Bonchev–Trinajstić information content (AvgIpc) is 4.17. The quantitative estimate of drug-likeness (QED) is 0.121. The number of rotatable bonds is 9. The number of hydrogen-bond acceptors (Lipinski definition) is 8. The van der Waals surface area contributed by atoms with Crippen molar-refractivity contribution in [2.24, 2.45) is 23.7 Å². The number of H-pyrrole nitrogens is 2. The highest BCUT2D eigenvalue weighted by Crippen LogP contribution is 2.48. The number of aromatic nitrogens is 4. The zero-order valence-corrected chi connectivity index (χ0v) is 40.5. The molecule has 0 unspecified atom stereocenters. The molecule has 2 aliphatic heterocycles. The zero-order valence-electron chi connectivity index (χ0n) is 40.5. The summed E-state index contributed by atoms with van der Waals surface area (Å²) in [6, 6.07) is 11.8. The number of imidazole rings is 2. The number of fused-ring (bicyclic) bond motifs is 2. The number of amides is 4. The Bertz CT molecular complexity index is 2570. The molecule has 4 N–H and O–H groups in total. The van der Waals surface area contributed by atoms with Crippen molar-refractivity contribution in [2.45, 2.75) is 154 Å². The summed E-state index contributed by atoms with van der Waals surface area (Å²) < 4.78 is 9.81. The van der Waals surface area contributed by atoms with Crippen molar-refractivity contribution in [2.75, 3.05) is 14.2 Å². The number of benzene rings is 2. The highest BCUT2D eigenvalue weighted by atomic mass is 16.5. The summed E-state index contributed by atoms with van der Waals surface area (Å²) in [5.41, 5.74) is 8.41. The number of aromatic amines is 2. The van der Waals surface area contributed by atoms with Crippen molar-refractivity contribution >= 4 is 24.0 Å². The van der Waals surface area contributed by atoms with E-state index < -0.39 is 24.3 Å². The molecular formula is C54H68N8O6. The minimum atomic E-state index is -0.702. The van der Waals surface area contributed by atoms with Gasteiger partial charge in [0.1, 0.15) is 29.4 Å². The van der Waals surface area contributed by atoms with Crippen molar-refractivity contribution in [3.05, 3.63) is 94.0 Å². The molecule has 2 saturated heterocycles. The molecule has 8 atom stereocenters. The number of carbonyl (C=O) groups excluding carboxylic acids is 4. The van der Waals surface area contributed by atoms with Crippen molar-refractivity contribution < 1.29 is 28.7 Å². The predicted octanol–water partition coefficient (Wildman–Crippen LogP) is 8.51. The van der Waals surface area contributed by atoms with Gasteiger partial charge < -0.3 is 39.9 Å². The average molecular weight is 925 g/mol. The molecule has 2 aromatic heterocycles. The van der Waals surface area contributed by atoms with Gasteiger partial charge in [0.2, 0.25) is 11.8 Å². The van der Waals surface area contributed by atoms with E-state index in [1.165, 1.54) is 36.5 Å². The second-order valence-corrected chi connectivity index (χ2v) is 20.5. The molecule has 0 radical (unpaired) electrons. The number of hydrogen-bond donors (Lipinski definition) is 4. The highest BCUT2D eigenvalue weighted by Gasteiger charge is 2.50. The molecule has 4 fully saturated rings. The molecule has 2 aromatic carbocycles. The van der Waals surface area contributed by atoms with Gasteiger partial charge in [0, 0.05) is 35.6 Å². The summed E-state index contributed by atoms with van der Waals surface area (Å²) in [4.78, 5) is 74.7. The number of ether oxygens (including phenoxy) is 2. The molecule has 4 aromatic rings. The van der Waals surface area contributed by atoms with Gasteiger partial charge in [0.15, 0.2) is 0 Å². The maximum atomic E-state index is 14.4. The first-order chi connectivity index (χ1) is 32.9. The van der Waals surface area contributed by atoms with Crippen molar-refractivity contribution in [1.82, 2.24) is 40.4 Å². The fraction of sp³-hybridized carbons (Fsp3) is 0.556. The molecule has 4 heterocycles. The first kappa shape index (κ1) is 47.0. The normalized spacial score (nSPS) is 24.0. The number of methoxy groups -OCH3 is 2. The van der Waals surface area contributed by atoms with Crippen molar-refractivity contribution in [3.8, 4) is 23.1 Å². The second kappa shape index (κ2) is 20.2. The number of carbonyl (C=O) groups is 4. The molecule has 4 bridgehead atoms. The molecule has 12 rings (SSSR count). The van der Waals surface area contributed by atoms with E-state index in [1.54, 1.807) is 0 Å². The van der Waals surface area contributed by atoms with Crippen LogP contribution in [-0.4, -0.2) is 92.1 Å². The lowest BCUT2D eigenvalue weighted by atomic mass is 9.84. The SMILES string of the molecule is COC(=O)N[C@H](C(=O)N1[C@H](c2nc(C#Cc3cc4ccc3CCc3ccc(c(-c5c[nH]c([C@@H]6C[C@@H]7CCCC[C@@H]7N6C(=O)[C@@H](NC(=O)OC)C(C)C)n5)c3)CC4)c[nH]2)C[C@@H]2CCCC[C@@H]21)C(C)C. The van der Waals surface area contributed by atoms with E-state index >= 15 is 0 Å². The van der Waals surface area contributed by atoms with Crippen LogP contribution in [0, 0.1) is 35.5 Å². The maximum Gasteiger partial charge on any atom is 0.407 e. The van der Waals surface area contributed by atoms with E-state index in [0.29, 0.717) is 17.5 Å². The lowest BCUT2D eigenvalue weighted by Gasteiger charge is -2.36. The fourth-order valence-corrected chi connectivity index (χ4v) is 12.0. The van der Waals surface area contributed by atoms with Crippen LogP contribution in [0.25, 0.3) is 11.3 Å². The first-order valence-electron chi connectivity index (χ1n) is 25.1. The van der Waals surface area contributed by atoms with Crippen LogP contribution < -0.4 is 10.6 Å². The molecule has 360 valence electrons. The second-order valence-electron chi connectivity index (χ2n) is 20.5. The smallest absolute Gasteiger partial charge is 0.407 e. The van der Waals surface area contributed by atoms with Gasteiger partial charge in [0.05, 0.1) is 32.0 Å². The Morgan fingerprint density at radius 1 is 0.647 bits per heavy atom. The van der Waals surface area contributed by atoms with E-state index in [9.17, 15) is 19.2 Å². The minimum absolute atomic E-state index is 0.0719. The third kappa shape index (κ3) is 9.63. The van der Waals surface area contributed by atoms with E-state index in [-0.39, 0.29) is 47.8 Å². The number of alkyl carbamates (subject to hydrolysis) is 2. The van der Waals surface area contributed by atoms with Gasteiger partial charge >= 0.3 is 12.2 Å². The van der Waals surface area contributed by atoms with E-state index in [2.05, 4.69) is 68.8 Å². The third-order valence-corrected chi connectivity index (χ3v) is 15.6. The lowest BCUT2D eigenvalue weighted by molar-refractivity contribution is -0.139. The Kier molecular flexibility index (Phi) is 14.0. The predicted molar refractivity (Wildman–Crippen MR) is 258 cm³/mol. The summed E-state index contributed by atoms with van der Waals surface area (Å²) in [6.07, 6.45) is 16.1. The summed E-state index contributed by atoms with van der Waals surface area (Å²) in [6.45, 7) is 7.80. The molecule has 14 nitrogen and oxygen atoms in total. The van der Waals surface area contributed by atoms with Gasteiger partial charge in [-0.2, -0.15) is 0 Å². The molecule has 4 amide bonds. The highest BCUT2D eigenvalue weighted by molar-refractivity contribution is 5.87. The van der Waals surface area contributed by atoms with Gasteiger partial charge in [-0.3, -0.25) is 9.59 Å². The van der Waals surface area contributed by atoms with Crippen LogP contribution in [0.15, 0.2) is 48.8 Å². The van der Waals surface area contributed by atoms with Crippen molar-refractivity contribution in [3.63, 3.8) is 0 Å². The van der Waals surface area contributed by atoms with Crippen LogP contribution in [0.5, 0.6) is 0 Å². The summed E-state index contributed by atoms with van der Waals surface area (Å²) in [5, 5.41) is 5.63. The topological polar surface area (TPSA) is 175 Å². The molecule has 2 saturated carbocycles. The number of nitrogens with zero attached hydrogens (tertiary/aromatic N) is 4. The molecule has 8 aliphatic rings. The zero-order chi connectivity index (χ0) is 47.6. The Balaban J connectivity index is 0.934. The molecule has 14 heteroatoms. The molecular weight excluding hydrogens is 857 g/mol. The summed E-state index contributed by atoms with van der Waals surface area (Å²) in [7, 11) is 2.65. The maximum absolute atomic E-state index is 14.4. The summed E-state index contributed by atoms with van der Waals surface area (Å²) in [5.74, 6) is 8.78. The molecule has 6 aliphatic carbocycles. The molecule has 68 heavy (non-hydrogen) atoms. The van der Waals surface area contributed by atoms with Gasteiger partial charge in [-0.05, 0) is 128 Å². The van der Waals surface area contributed by atoms with Crippen LogP contribution in [0.3, 0.4) is 0 Å². The van der Waals surface area contributed by atoms with E-state index in [1.807, 2.05) is 49.9 Å². The Morgan fingerprint density at radius 2 is 1.16 bits per heavy atom. The standard InChI is InChI=1S/C54H68N8O6/c1-31(2)47(59-53(65)67-5)51(63)61-43-13-9-7-11-38(43)27-45(61)49-55-29-40(57-49)24-23-37-25-33-15-19-35(37)20-16-34-18-22-36(21-17-33)41(26-34)42-30-56-50(58-42)46-28-39-12-8-10-14-44(39)62(46)52(64)48(32(3)4)60-54(66)68-6/h15,18-19,22,25-26,29-32,38-39,43-48H,7-14,16-17,20-21,27-28H2,1-6H3,(H,55,57)(H,56,58)(H,59,65)(H,60,66)/t38-,39-,43-,44-,45-,46-,47-,48-/m0/s1. The van der Waals surface area contributed by atoms with E-state index in [4.69, 9.17) is 19.4 Å². The molecule has 0 spiro atoms. The third-order valence-electron chi connectivity index (χ3n) is 15.6. The van der Waals surface area contributed by atoms with E-state index in [0.717, 1.165) is 118 Å². The summed E-state index contributed by atoms with van der Waals surface area (Å²) >= 11 is 0. The minimum Gasteiger partial charge on any atom is -0.453 e. The monoisotopic (exact) mass is 925 g/mol. The van der Waals surface area contributed by atoms with Crippen LogP contribution in [-0.2, 0) is 44.7 Å². The number of nitrogens with one attached hydrogen (secondary N) is 4. The van der Waals surface area contributed by atoms with Crippen LogP contribution in [0.2, 0.25) is 0 Å². The lowest BCUT2D eigenvalue weighted by Crippen LogP contribution is -2.53. The van der Waals surface area contributed by atoms with Crippen LogP contribution in [0.1, 0.15) is 149 Å². The van der Waals surface area contributed by atoms with Gasteiger partial charge in [-0.25, -0.2) is 19.6 Å². The van der Waals surface area contributed by atoms with Gasteiger partial charge in [-0.1, -0.05) is 83.6 Å². The number of likely N-dealkylation sites (tertiary alicyclic amines) is 2. The Hall–Kier alpha value is -6.10. The van der Waals surface area contributed by atoms with Crippen LogP contribution >= 0.6 is 0 Å².